The van der Waals surface area contributed by atoms with Crippen molar-refractivity contribution in [1.29, 1.82) is 0 Å². The number of rotatable bonds is 4. The molecule has 0 saturated heterocycles. The summed E-state index contributed by atoms with van der Waals surface area (Å²) in [6.45, 7) is 13.2. The highest BCUT2D eigenvalue weighted by atomic mass is 16.7. The first-order chi connectivity index (χ1) is 13.8. The molecular formula is C26H30N2O. The number of nitrogens with zero attached hydrogens (tertiary/aromatic N) is 2. The second kappa shape index (κ2) is 7.31. The Hall–Kier alpha value is -2.65. The van der Waals surface area contributed by atoms with Gasteiger partial charge >= 0.3 is 0 Å². The zero-order valence-electron chi connectivity index (χ0n) is 18.2. The molecule has 1 aliphatic heterocycles. The molecule has 4 rings (SSSR count). The lowest BCUT2D eigenvalue weighted by Crippen LogP contribution is -2.46. The number of hydroxylamine groups is 1. The number of para-hydroxylation sites is 1. The standard InChI is InChI=1S/C26H30N2O/c1-17(2)25(20-11-12-23-22(15-20)18(3)13-14-27-23)29-28-24-10-8-7-9-21(24)19(4)16-26(28,5)6/h7-17,25H,1-6H3. The van der Waals surface area contributed by atoms with Crippen molar-refractivity contribution in [3.63, 3.8) is 0 Å². The van der Waals surface area contributed by atoms with E-state index in [1.165, 1.54) is 27.6 Å². The first-order valence-corrected chi connectivity index (χ1v) is 10.4. The summed E-state index contributed by atoms with van der Waals surface area (Å²) in [5.41, 5.74) is 6.86. The molecule has 0 radical (unpaired) electrons. The Kier molecular flexibility index (Phi) is 4.95. The molecule has 2 heterocycles. The number of aryl methyl sites for hydroxylation is 1. The molecule has 1 unspecified atom stereocenters. The van der Waals surface area contributed by atoms with E-state index in [1.54, 1.807) is 0 Å². The molecule has 1 aliphatic rings. The van der Waals surface area contributed by atoms with E-state index >= 15 is 0 Å². The largest absolute Gasteiger partial charge is 0.264 e. The van der Waals surface area contributed by atoms with Crippen LogP contribution in [0.2, 0.25) is 0 Å². The Labute approximate surface area is 174 Å². The van der Waals surface area contributed by atoms with Gasteiger partial charge in [0.05, 0.1) is 16.7 Å². The second-order valence-corrected chi connectivity index (χ2v) is 8.97. The maximum Gasteiger partial charge on any atom is 0.113 e. The SMILES string of the molecule is CC1=CC(C)(C)N(OC(c2ccc3nccc(C)c3c2)C(C)C)c2ccccc21. The van der Waals surface area contributed by atoms with Gasteiger partial charge in [0.25, 0.3) is 0 Å². The van der Waals surface area contributed by atoms with Gasteiger partial charge in [-0.2, -0.15) is 0 Å². The molecule has 3 aromatic rings. The smallest absolute Gasteiger partial charge is 0.113 e. The summed E-state index contributed by atoms with van der Waals surface area (Å²) in [6, 6.07) is 17.1. The molecule has 2 aromatic carbocycles. The minimum atomic E-state index is -0.236. The van der Waals surface area contributed by atoms with Gasteiger partial charge in [-0.15, -0.1) is 0 Å². The van der Waals surface area contributed by atoms with Crippen molar-refractivity contribution < 1.29 is 4.84 Å². The Morgan fingerprint density at radius 3 is 2.52 bits per heavy atom. The zero-order valence-corrected chi connectivity index (χ0v) is 18.2. The molecule has 3 nitrogen and oxygen atoms in total. The first-order valence-electron chi connectivity index (χ1n) is 10.4. The number of hydrogen-bond donors (Lipinski definition) is 0. The average molecular weight is 387 g/mol. The predicted octanol–water partition coefficient (Wildman–Crippen LogP) is 6.87. The Morgan fingerprint density at radius 1 is 1.00 bits per heavy atom. The molecule has 0 N–H and O–H groups in total. The van der Waals surface area contributed by atoms with Crippen LogP contribution in [0.1, 0.15) is 57.4 Å². The highest BCUT2D eigenvalue weighted by Gasteiger charge is 2.35. The van der Waals surface area contributed by atoms with E-state index < -0.39 is 0 Å². The van der Waals surface area contributed by atoms with E-state index in [-0.39, 0.29) is 11.6 Å². The normalized spacial score (nSPS) is 16.7. The van der Waals surface area contributed by atoms with Crippen LogP contribution in [0, 0.1) is 12.8 Å². The monoisotopic (exact) mass is 386 g/mol. The topological polar surface area (TPSA) is 25.4 Å². The van der Waals surface area contributed by atoms with Crippen LogP contribution in [0.5, 0.6) is 0 Å². The van der Waals surface area contributed by atoms with E-state index in [0.29, 0.717) is 5.92 Å². The predicted molar refractivity (Wildman–Crippen MR) is 122 cm³/mol. The van der Waals surface area contributed by atoms with Gasteiger partial charge in [-0.1, -0.05) is 44.2 Å². The Bertz CT molecular complexity index is 1080. The maximum absolute atomic E-state index is 6.79. The van der Waals surface area contributed by atoms with Gasteiger partial charge < -0.3 is 0 Å². The minimum absolute atomic E-state index is 0.0573. The lowest BCUT2D eigenvalue weighted by molar-refractivity contribution is -0.0197. The van der Waals surface area contributed by atoms with Crippen molar-refractivity contribution in [1.82, 2.24) is 4.98 Å². The van der Waals surface area contributed by atoms with Crippen LogP contribution in [-0.4, -0.2) is 10.5 Å². The van der Waals surface area contributed by atoms with E-state index in [9.17, 15) is 0 Å². The molecule has 0 amide bonds. The molecule has 0 fully saturated rings. The van der Waals surface area contributed by atoms with Gasteiger partial charge in [-0.05, 0) is 74.6 Å². The summed E-state index contributed by atoms with van der Waals surface area (Å²) in [4.78, 5) is 11.3. The third-order valence-corrected chi connectivity index (χ3v) is 5.78. The fourth-order valence-electron chi connectivity index (χ4n) is 4.31. The van der Waals surface area contributed by atoms with Crippen LogP contribution in [0.15, 0.2) is 60.8 Å². The number of benzene rings is 2. The van der Waals surface area contributed by atoms with Crippen molar-refractivity contribution >= 4 is 22.2 Å². The molecule has 150 valence electrons. The van der Waals surface area contributed by atoms with Crippen molar-refractivity contribution in [2.45, 2.75) is 53.2 Å². The zero-order chi connectivity index (χ0) is 20.8. The van der Waals surface area contributed by atoms with Crippen LogP contribution in [0.25, 0.3) is 16.5 Å². The maximum atomic E-state index is 6.79. The summed E-state index contributed by atoms with van der Waals surface area (Å²) in [6.07, 6.45) is 4.11. The Balaban J connectivity index is 1.77. The van der Waals surface area contributed by atoms with E-state index in [4.69, 9.17) is 4.84 Å². The van der Waals surface area contributed by atoms with E-state index in [2.05, 4.69) is 106 Å². The fourth-order valence-corrected chi connectivity index (χ4v) is 4.31. The summed E-state index contributed by atoms with van der Waals surface area (Å²) in [7, 11) is 0. The summed E-state index contributed by atoms with van der Waals surface area (Å²) in [5, 5.41) is 3.29. The van der Waals surface area contributed by atoms with E-state index in [0.717, 1.165) is 11.2 Å². The molecule has 0 saturated carbocycles. The number of pyridine rings is 1. The summed E-state index contributed by atoms with van der Waals surface area (Å²) >= 11 is 0. The number of fused-ring (bicyclic) bond motifs is 2. The van der Waals surface area contributed by atoms with Crippen LogP contribution in [0.4, 0.5) is 5.69 Å². The van der Waals surface area contributed by atoms with Crippen molar-refractivity contribution in [2.24, 2.45) is 5.92 Å². The molecule has 0 spiro atoms. The third kappa shape index (κ3) is 3.56. The van der Waals surface area contributed by atoms with Crippen molar-refractivity contribution in [2.75, 3.05) is 5.06 Å². The molecule has 3 heteroatoms. The van der Waals surface area contributed by atoms with E-state index in [1.807, 2.05) is 6.20 Å². The van der Waals surface area contributed by atoms with Crippen molar-refractivity contribution in [3.8, 4) is 0 Å². The summed E-state index contributed by atoms with van der Waals surface area (Å²) in [5.74, 6) is 0.319. The van der Waals surface area contributed by atoms with Gasteiger partial charge in [-0.3, -0.25) is 9.82 Å². The highest BCUT2D eigenvalue weighted by Crippen LogP contribution is 2.42. The molecular weight excluding hydrogens is 356 g/mol. The van der Waals surface area contributed by atoms with Gasteiger partial charge in [0.1, 0.15) is 6.10 Å². The highest BCUT2D eigenvalue weighted by molar-refractivity contribution is 5.83. The van der Waals surface area contributed by atoms with Crippen LogP contribution in [-0.2, 0) is 4.84 Å². The van der Waals surface area contributed by atoms with Crippen molar-refractivity contribution in [3.05, 3.63) is 77.5 Å². The lowest BCUT2D eigenvalue weighted by Gasteiger charge is -2.44. The number of hydrogen-bond acceptors (Lipinski definition) is 3. The lowest BCUT2D eigenvalue weighted by atomic mass is 9.90. The number of anilines is 1. The fraction of sp³-hybridized carbons (Fsp3) is 0.346. The van der Waals surface area contributed by atoms with Crippen LogP contribution >= 0.6 is 0 Å². The molecule has 1 aromatic heterocycles. The third-order valence-electron chi connectivity index (χ3n) is 5.78. The molecule has 29 heavy (non-hydrogen) atoms. The van der Waals surface area contributed by atoms with Gasteiger partial charge in [0, 0.05) is 17.1 Å². The second-order valence-electron chi connectivity index (χ2n) is 8.97. The Morgan fingerprint density at radius 2 is 1.76 bits per heavy atom. The molecule has 0 aliphatic carbocycles. The number of allylic oxidation sites excluding steroid dienone is 1. The van der Waals surface area contributed by atoms with Crippen LogP contribution in [0.3, 0.4) is 0 Å². The quantitative estimate of drug-likeness (QED) is 0.489. The minimum Gasteiger partial charge on any atom is -0.264 e. The van der Waals surface area contributed by atoms with Crippen LogP contribution < -0.4 is 5.06 Å². The van der Waals surface area contributed by atoms with Gasteiger partial charge in [0.15, 0.2) is 0 Å². The number of aromatic nitrogens is 1. The first kappa shape index (κ1) is 19.7. The molecule has 1 atom stereocenters. The summed E-state index contributed by atoms with van der Waals surface area (Å²) < 4.78 is 0. The average Bonchev–Trinajstić information content (AvgIpc) is 2.67. The van der Waals surface area contributed by atoms with Gasteiger partial charge in [-0.25, -0.2) is 5.06 Å². The van der Waals surface area contributed by atoms with Gasteiger partial charge in [0.2, 0.25) is 0 Å². The molecule has 0 bridgehead atoms.